The molecule has 154 valence electrons. The van der Waals surface area contributed by atoms with Crippen molar-refractivity contribution in [2.45, 2.75) is 12.6 Å². The molecule has 2 aromatic carbocycles. The van der Waals surface area contributed by atoms with Crippen LogP contribution in [0.4, 0.5) is 10.5 Å². The molecule has 0 aliphatic carbocycles. The highest BCUT2D eigenvalue weighted by atomic mass is 16.5. The summed E-state index contributed by atoms with van der Waals surface area (Å²) in [5, 5.41) is 5.64. The Bertz CT molecular complexity index is 826. The van der Waals surface area contributed by atoms with Crippen LogP contribution < -0.4 is 10.6 Å². The quantitative estimate of drug-likeness (QED) is 0.787. The van der Waals surface area contributed by atoms with Gasteiger partial charge in [-0.2, -0.15) is 0 Å². The molecule has 3 amide bonds. The summed E-state index contributed by atoms with van der Waals surface area (Å²) < 4.78 is 5.79. The zero-order chi connectivity index (χ0) is 20.6. The third-order valence-electron chi connectivity index (χ3n) is 4.74. The number of rotatable bonds is 6. The van der Waals surface area contributed by atoms with Crippen LogP contribution in [0.5, 0.6) is 0 Å². The second-order valence-electron chi connectivity index (χ2n) is 7.33. The summed E-state index contributed by atoms with van der Waals surface area (Å²) in [6.45, 7) is 3.59. The molecule has 7 heteroatoms. The van der Waals surface area contributed by atoms with Crippen LogP contribution in [-0.4, -0.2) is 68.2 Å². The van der Waals surface area contributed by atoms with Crippen molar-refractivity contribution in [1.29, 1.82) is 0 Å². The molecule has 0 bridgehead atoms. The van der Waals surface area contributed by atoms with Crippen LogP contribution in [0.2, 0.25) is 0 Å². The fourth-order valence-corrected chi connectivity index (χ4v) is 3.26. The van der Waals surface area contributed by atoms with Crippen LogP contribution in [0.25, 0.3) is 0 Å². The van der Waals surface area contributed by atoms with E-state index in [1.165, 1.54) is 10.5 Å². The van der Waals surface area contributed by atoms with Gasteiger partial charge < -0.3 is 20.3 Å². The van der Waals surface area contributed by atoms with Gasteiger partial charge in [0.1, 0.15) is 0 Å². The highest BCUT2D eigenvalue weighted by Gasteiger charge is 2.21. The van der Waals surface area contributed by atoms with Crippen molar-refractivity contribution < 1.29 is 14.3 Å². The molecule has 1 aliphatic heterocycles. The molecule has 0 radical (unpaired) electrons. The Morgan fingerprint density at radius 3 is 2.69 bits per heavy atom. The molecule has 1 atom stereocenters. The molecule has 0 spiro atoms. The van der Waals surface area contributed by atoms with Crippen LogP contribution in [0.1, 0.15) is 15.9 Å². The van der Waals surface area contributed by atoms with Crippen molar-refractivity contribution >= 4 is 17.6 Å². The standard InChI is InChI=1S/C22H28N4O3/c1-25(2)21(27)18-9-6-10-19(13-18)24-22(28)23-14-20-16-26(11-12-29-20)15-17-7-4-3-5-8-17/h3-10,13,20H,11-12,14-16H2,1-2H3,(H2,23,24,28). The van der Waals surface area contributed by atoms with Gasteiger partial charge in [0.15, 0.2) is 0 Å². The van der Waals surface area contributed by atoms with Crippen LogP contribution in [0.15, 0.2) is 54.6 Å². The number of urea groups is 1. The number of morpholine rings is 1. The molecule has 1 saturated heterocycles. The first-order valence-electron chi connectivity index (χ1n) is 9.75. The van der Waals surface area contributed by atoms with E-state index in [0.717, 1.165) is 19.6 Å². The molecule has 2 aromatic rings. The lowest BCUT2D eigenvalue weighted by atomic mass is 10.2. The average Bonchev–Trinajstić information content (AvgIpc) is 2.73. The fraction of sp³-hybridized carbons (Fsp3) is 0.364. The number of nitrogens with one attached hydrogen (secondary N) is 2. The van der Waals surface area contributed by atoms with E-state index in [0.29, 0.717) is 24.4 Å². The maximum atomic E-state index is 12.3. The van der Waals surface area contributed by atoms with Crippen molar-refractivity contribution in [1.82, 2.24) is 15.1 Å². The average molecular weight is 396 g/mol. The van der Waals surface area contributed by atoms with Gasteiger partial charge in [-0.1, -0.05) is 36.4 Å². The second-order valence-corrected chi connectivity index (χ2v) is 7.33. The van der Waals surface area contributed by atoms with E-state index in [1.807, 2.05) is 18.2 Å². The molecule has 7 nitrogen and oxygen atoms in total. The molecule has 1 heterocycles. The summed E-state index contributed by atoms with van der Waals surface area (Å²) in [6, 6.07) is 16.9. The molecule has 1 aliphatic rings. The van der Waals surface area contributed by atoms with E-state index in [1.54, 1.807) is 38.4 Å². The van der Waals surface area contributed by atoms with E-state index in [9.17, 15) is 9.59 Å². The predicted octanol–water partition coefficient (Wildman–Crippen LogP) is 2.41. The van der Waals surface area contributed by atoms with Crippen LogP contribution in [0.3, 0.4) is 0 Å². The number of anilines is 1. The van der Waals surface area contributed by atoms with Crippen molar-refractivity contribution in [2.24, 2.45) is 0 Å². The normalized spacial score (nSPS) is 16.8. The first-order valence-corrected chi connectivity index (χ1v) is 9.75. The van der Waals surface area contributed by atoms with Gasteiger partial charge in [-0.3, -0.25) is 9.69 Å². The van der Waals surface area contributed by atoms with Crippen LogP contribution in [0, 0.1) is 0 Å². The SMILES string of the molecule is CN(C)C(=O)c1cccc(NC(=O)NCC2CN(Cc3ccccc3)CCO2)c1. The van der Waals surface area contributed by atoms with E-state index in [-0.39, 0.29) is 18.0 Å². The van der Waals surface area contributed by atoms with E-state index >= 15 is 0 Å². The third-order valence-corrected chi connectivity index (χ3v) is 4.74. The molecule has 3 rings (SSSR count). The second kappa shape index (κ2) is 10.0. The Hall–Kier alpha value is -2.90. The van der Waals surface area contributed by atoms with Gasteiger partial charge in [0, 0.05) is 51.5 Å². The Labute approximate surface area is 171 Å². The lowest BCUT2D eigenvalue weighted by Gasteiger charge is -2.33. The molecule has 0 aromatic heterocycles. The van der Waals surface area contributed by atoms with Crippen LogP contribution in [-0.2, 0) is 11.3 Å². The van der Waals surface area contributed by atoms with E-state index < -0.39 is 0 Å². The largest absolute Gasteiger partial charge is 0.374 e. The fourth-order valence-electron chi connectivity index (χ4n) is 3.26. The van der Waals surface area contributed by atoms with Crippen molar-refractivity contribution in [3.8, 4) is 0 Å². The summed E-state index contributed by atoms with van der Waals surface area (Å²) in [5.41, 5.74) is 2.37. The number of carbonyl (C=O) groups is 2. The summed E-state index contributed by atoms with van der Waals surface area (Å²) >= 11 is 0. The number of carbonyl (C=O) groups excluding carboxylic acids is 2. The number of amides is 3. The zero-order valence-electron chi connectivity index (χ0n) is 16.9. The van der Waals surface area contributed by atoms with E-state index in [2.05, 4.69) is 27.7 Å². The number of benzene rings is 2. The molecular weight excluding hydrogens is 368 g/mol. The van der Waals surface area contributed by atoms with Gasteiger partial charge in [0.25, 0.3) is 5.91 Å². The van der Waals surface area contributed by atoms with Gasteiger partial charge in [-0.05, 0) is 23.8 Å². The number of hydrogen-bond acceptors (Lipinski definition) is 4. The van der Waals surface area contributed by atoms with Gasteiger partial charge in [-0.15, -0.1) is 0 Å². The predicted molar refractivity (Wildman–Crippen MR) is 113 cm³/mol. The summed E-state index contributed by atoms with van der Waals surface area (Å²) in [6.07, 6.45) is -0.0557. The molecule has 0 saturated carbocycles. The lowest BCUT2D eigenvalue weighted by molar-refractivity contribution is -0.0285. The Morgan fingerprint density at radius 1 is 1.14 bits per heavy atom. The molecule has 1 fully saturated rings. The minimum absolute atomic E-state index is 0.0557. The van der Waals surface area contributed by atoms with Crippen molar-refractivity contribution in [2.75, 3.05) is 45.7 Å². The molecule has 1 unspecified atom stereocenters. The minimum atomic E-state index is -0.316. The van der Waals surface area contributed by atoms with Crippen molar-refractivity contribution in [3.63, 3.8) is 0 Å². The monoisotopic (exact) mass is 396 g/mol. The number of hydrogen-bond donors (Lipinski definition) is 2. The van der Waals surface area contributed by atoms with Gasteiger partial charge >= 0.3 is 6.03 Å². The van der Waals surface area contributed by atoms with Gasteiger partial charge in [0.05, 0.1) is 12.7 Å². The van der Waals surface area contributed by atoms with Gasteiger partial charge in [-0.25, -0.2) is 4.79 Å². The summed E-state index contributed by atoms with van der Waals surface area (Å²) in [4.78, 5) is 28.1. The van der Waals surface area contributed by atoms with E-state index in [4.69, 9.17) is 4.74 Å². The number of nitrogens with zero attached hydrogens (tertiary/aromatic N) is 2. The first kappa shape index (κ1) is 20.8. The maximum absolute atomic E-state index is 12.3. The van der Waals surface area contributed by atoms with Crippen molar-refractivity contribution in [3.05, 3.63) is 65.7 Å². The zero-order valence-corrected chi connectivity index (χ0v) is 16.9. The number of ether oxygens (including phenoxy) is 1. The highest BCUT2D eigenvalue weighted by Crippen LogP contribution is 2.13. The highest BCUT2D eigenvalue weighted by molar-refractivity contribution is 5.96. The van der Waals surface area contributed by atoms with Gasteiger partial charge in [0.2, 0.25) is 0 Å². The minimum Gasteiger partial charge on any atom is -0.374 e. The smallest absolute Gasteiger partial charge is 0.319 e. The molecular formula is C22H28N4O3. The Kier molecular flexibility index (Phi) is 7.21. The first-order chi connectivity index (χ1) is 14.0. The third kappa shape index (κ3) is 6.30. The Morgan fingerprint density at radius 2 is 1.93 bits per heavy atom. The lowest BCUT2D eigenvalue weighted by Crippen LogP contribution is -2.47. The summed E-state index contributed by atoms with van der Waals surface area (Å²) in [5.74, 6) is -0.108. The van der Waals surface area contributed by atoms with Crippen LogP contribution >= 0.6 is 0 Å². The molecule has 2 N–H and O–H groups in total. The summed E-state index contributed by atoms with van der Waals surface area (Å²) in [7, 11) is 3.39. The maximum Gasteiger partial charge on any atom is 0.319 e. The Balaban J connectivity index is 1.46. The molecule has 29 heavy (non-hydrogen) atoms. The topological polar surface area (TPSA) is 73.9 Å².